The first-order chi connectivity index (χ1) is 38.1. The van der Waals surface area contributed by atoms with Crippen molar-refractivity contribution in [2.75, 3.05) is 0 Å². The monoisotopic (exact) mass is 1120 g/mol. The highest BCUT2D eigenvalue weighted by Gasteiger charge is 2.37. The zero-order valence-corrected chi connectivity index (χ0v) is 45.7. The minimum absolute atomic E-state index is 0. The summed E-state index contributed by atoms with van der Waals surface area (Å²) in [5.41, 5.74) is 1.37. The molecule has 12 heteroatoms. The van der Waals surface area contributed by atoms with Gasteiger partial charge in [0, 0.05) is 11.1 Å². The summed E-state index contributed by atoms with van der Waals surface area (Å²) in [6, 6.07) is 27.0. The number of para-hydroxylation sites is 2. The number of halogens is 10. The van der Waals surface area contributed by atoms with E-state index >= 15 is 17.6 Å². The molecule has 0 spiro atoms. The predicted octanol–water partition coefficient (Wildman–Crippen LogP) is 22.9. The summed E-state index contributed by atoms with van der Waals surface area (Å²) in [5.74, 6) is -7.09. The highest BCUT2D eigenvalue weighted by Crippen LogP contribution is 2.43. The molecule has 0 unspecified atom stereocenters. The maximum atomic E-state index is 15.2. The fraction of sp³-hybridized carbons (Fsp3) is 0.471. The van der Waals surface area contributed by atoms with Crippen molar-refractivity contribution in [3.8, 4) is 33.8 Å². The zero-order valence-electron chi connectivity index (χ0n) is 45.7. The van der Waals surface area contributed by atoms with Gasteiger partial charge in [-0.15, -0.1) is 0 Å². The Morgan fingerprint density at radius 3 is 1.01 bits per heavy atom. The van der Waals surface area contributed by atoms with E-state index in [1.54, 1.807) is 24.3 Å². The van der Waals surface area contributed by atoms with Crippen LogP contribution in [0, 0.1) is 46.7 Å². The van der Waals surface area contributed by atoms with Gasteiger partial charge in [0.25, 0.3) is 0 Å². The van der Waals surface area contributed by atoms with E-state index in [0.717, 1.165) is 72.9 Å². The molecule has 2 aliphatic carbocycles. The Balaban J connectivity index is 0.000000255. The van der Waals surface area contributed by atoms with Crippen LogP contribution in [0.2, 0.25) is 0 Å². The third-order valence-electron chi connectivity index (χ3n) is 16.2. The number of hydrogen-bond donors (Lipinski definition) is 0. The maximum absolute atomic E-state index is 15.2. The molecule has 6 aromatic carbocycles. The van der Waals surface area contributed by atoms with Gasteiger partial charge < -0.3 is 9.47 Å². The predicted molar refractivity (Wildman–Crippen MR) is 302 cm³/mol. The minimum atomic E-state index is -3.68. The highest BCUT2D eigenvalue weighted by molar-refractivity contribution is 5.71. The van der Waals surface area contributed by atoms with Gasteiger partial charge in [0.15, 0.2) is 34.9 Å². The highest BCUT2D eigenvalue weighted by atomic mass is 19.3. The molecule has 0 heterocycles. The lowest BCUT2D eigenvalue weighted by Gasteiger charge is -2.29. The van der Waals surface area contributed by atoms with Crippen molar-refractivity contribution in [2.24, 2.45) is 11.8 Å². The topological polar surface area (TPSA) is 18.5 Å². The fourth-order valence-electron chi connectivity index (χ4n) is 11.5. The second-order valence-corrected chi connectivity index (χ2v) is 21.9. The number of benzene rings is 6. The molecule has 0 atom stereocenters. The molecule has 80 heavy (non-hydrogen) atoms. The quantitative estimate of drug-likeness (QED) is 0.0323. The average Bonchev–Trinajstić information content (AvgIpc) is 3.46. The smallest absolute Gasteiger partial charge is 0.426 e. The fourth-order valence-corrected chi connectivity index (χ4v) is 11.5. The molecule has 2 aliphatic rings. The Morgan fingerprint density at radius 1 is 0.388 bits per heavy atom. The molecule has 2 saturated carbocycles. The number of unbranched alkanes of at least 4 members (excludes halogenated alkanes) is 11. The van der Waals surface area contributed by atoms with E-state index < -0.39 is 47.1 Å². The van der Waals surface area contributed by atoms with Crippen LogP contribution in [0.4, 0.5) is 43.9 Å². The molecule has 434 valence electrons. The van der Waals surface area contributed by atoms with Gasteiger partial charge in [0.2, 0.25) is 0 Å². The van der Waals surface area contributed by atoms with Crippen LogP contribution in [-0.2, 0) is 12.2 Å². The molecular weight excluding hydrogens is 1040 g/mol. The van der Waals surface area contributed by atoms with Gasteiger partial charge in [0.05, 0.1) is 11.1 Å². The van der Waals surface area contributed by atoms with Crippen LogP contribution in [0.3, 0.4) is 0 Å². The van der Waals surface area contributed by atoms with E-state index in [2.05, 4.69) is 13.8 Å². The molecule has 0 aliphatic heterocycles. The van der Waals surface area contributed by atoms with E-state index in [9.17, 15) is 26.3 Å². The van der Waals surface area contributed by atoms with Crippen LogP contribution in [0.1, 0.15) is 203 Å². The van der Waals surface area contributed by atoms with Crippen LogP contribution >= 0.6 is 0 Å². The first-order valence-electron chi connectivity index (χ1n) is 28.9. The van der Waals surface area contributed by atoms with Crippen molar-refractivity contribution in [3.05, 3.63) is 178 Å². The van der Waals surface area contributed by atoms with Gasteiger partial charge in [-0.3, -0.25) is 0 Å². The summed E-state index contributed by atoms with van der Waals surface area (Å²) < 4.78 is 153. The van der Waals surface area contributed by atoms with Crippen LogP contribution in [0.15, 0.2) is 121 Å². The Bertz CT molecular complexity index is 2750. The maximum Gasteiger partial charge on any atom is 0.426 e. The average molecular weight is 1120 g/mol. The summed E-state index contributed by atoms with van der Waals surface area (Å²) in [7, 11) is 0. The molecule has 2 nitrogen and oxygen atoms in total. The summed E-state index contributed by atoms with van der Waals surface area (Å²) >= 11 is 0. The van der Waals surface area contributed by atoms with Gasteiger partial charge in [0.1, 0.15) is 11.5 Å². The van der Waals surface area contributed by atoms with Crippen molar-refractivity contribution >= 4 is 0 Å². The lowest BCUT2D eigenvalue weighted by molar-refractivity contribution is -0.185. The molecular formula is C68H80F10O2. The van der Waals surface area contributed by atoms with Crippen molar-refractivity contribution in [3.63, 3.8) is 0 Å². The second kappa shape index (κ2) is 30.9. The number of rotatable bonds is 25. The van der Waals surface area contributed by atoms with Gasteiger partial charge in [-0.05, 0) is 158 Å². The van der Waals surface area contributed by atoms with Crippen LogP contribution in [0.5, 0.6) is 11.5 Å². The SMILES string of the molecule is C.CCCCCCCCC1CCC(c2ccc(C(F)(F)Oc3ccccc3-c3cc(F)c(F)c(F)c3)cc2)CC1.CCCCCCCCCC1CCC(c2ccc(C(F)(F)Oc3ccccc3-c3cc(F)c(F)c(F)c3)cc2)CC1. The molecule has 0 aromatic heterocycles. The van der Waals surface area contributed by atoms with E-state index in [4.69, 9.17) is 9.47 Å². The van der Waals surface area contributed by atoms with Gasteiger partial charge in [-0.25, -0.2) is 26.3 Å². The number of alkyl halides is 4. The molecule has 2 fully saturated rings. The third-order valence-corrected chi connectivity index (χ3v) is 16.2. The van der Waals surface area contributed by atoms with Gasteiger partial charge in [-0.1, -0.05) is 178 Å². The lowest BCUT2D eigenvalue weighted by Crippen LogP contribution is -2.22. The number of ether oxygens (including phenoxy) is 2. The minimum Gasteiger partial charge on any atom is -0.428 e. The van der Waals surface area contributed by atoms with Crippen LogP contribution in [0.25, 0.3) is 22.3 Å². The summed E-state index contributed by atoms with van der Waals surface area (Å²) in [6.07, 6.45) is 21.4. The zero-order chi connectivity index (χ0) is 56.4. The van der Waals surface area contributed by atoms with Crippen molar-refractivity contribution in [1.29, 1.82) is 0 Å². The number of hydrogen-bond acceptors (Lipinski definition) is 2. The van der Waals surface area contributed by atoms with Gasteiger partial charge in [-0.2, -0.15) is 17.6 Å². The van der Waals surface area contributed by atoms with Crippen LogP contribution in [-0.4, -0.2) is 0 Å². The van der Waals surface area contributed by atoms with E-state index in [1.807, 2.05) is 0 Å². The Kier molecular flexibility index (Phi) is 24.5. The lowest BCUT2D eigenvalue weighted by atomic mass is 9.77. The third kappa shape index (κ3) is 17.9. The normalized spacial score (nSPS) is 17.5. The Hall–Kier alpha value is -5.78. The van der Waals surface area contributed by atoms with E-state index in [1.165, 1.54) is 195 Å². The second-order valence-electron chi connectivity index (χ2n) is 21.9. The molecule has 0 amide bonds. The van der Waals surface area contributed by atoms with Crippen molar-refractivity contribution in [2.45, 2.75) is 193 Å². The molecule has 0 radical (unpaired) electrons. The first-order valence-corrected chi connectivity index (χ1v) is 28.9. The Morgan fingerprint density at radius 2 is 0.688 bits per heavy atom. The van der Waals surface area contributed by atoms with Crippen molar-refractivity contribution < 1.29 is 53.4 Å². The molecule has 0 saturated heterocycles. The molecule has 0 bridgehead atoms. The van der Waals surface area contributed by atoms with E-state index in [0.29, 0.717) is 11.8 Å². The summed E-state index contributed by atoms with van der Waals surface area (Å²) in [6.45, 7) is 4.47. The molecule has 8 rings (SSSR count). The van der Waals surface area contributed by atoms with Crippen molar-refractivity contribution in [1.82, 2.24) is 0 Å². The summed E-state index contributed by atoms with van der Waals surface area (Å²) in [5, 5.41) is 0. The molecule has 6 aromatic rings. The first kappa shape index (κ1) is 63.4. The van der Waals surface area contributed by atoms with E-state index in [-0.39, 0.29) is 52.3 Å². The Labute approximate surface area is 468 Å². The van der Waals surface area contributed by atoms with Gasteiger partial charge >= 0.3 is 12.2 Å². The van der Waals surface area contributed by atoms with Crippen LogP contribution < -0.4 is 9.47 Å². The standard InChI is InChI=1S/C34H39F5O.C33H37F5O.CH4/c1-2-3-4-5-6-7-8-11-24-14-16-25(17-15-24)26-18-20-28(21-19-26)34(38,39)40-32-13-10-9-12-29(32)27-22-30(35)33(37)31(36)23-27;1-2-3-4-5-6-7-10-23-13-15-24(16-14-23)25-17-19-27(20-18-25)33(37,38)39-31-12-9-8-11-28(31)26-21-29(34)32(36)30(35)22-26;/h9-10,12-13,18-25H,2-8,11,14-17H2,1H3;8-9,11-12,17-24H,2-7,10,13-16H2,1H3;1H4. The molecule has 0 N–H and O–H groups in total. The largest absolute Gasteiger partial charge is 0.428 e. The summed E-state index contributed by atoms with van der Waals surface area (Å²) in [4.78, 5) is 0.